The van der Waals surface area contributed by atoms with E-state index in [4.69, 9.17) is 9.84 Å². The number of aliphatic hydroxyl groups is 2. The highest BCUT2D eigenvalue weighted by atomic mass is 32.2. The second-order valence-corrected chi connectivity index (χ2v) is 9.11. The molecule has 0 spiro atoms. The summed E-state index contributed by atoms with van der Waals surface area (Å²) in [5.74, 6) is 0.483. The Morgan fingerprint density at radius 1 is 1.26 bits per heavy atom. The maximum absolute atomic E-state index is 12.1. The molecule has 156 valence electrons. The van der Waals surface area contributed by atoms with Crippen LogP contribution >= 0.6 is 23.5 Å². The van der Waals surface area contributed by atoms with Crippen LogP contribution in [0.2, 0.25) is 0 Å². The number of Topliss-reactive ketones (excluding diaryl/α,β-unsaturated/α-hetero) is 1. The van der Waals surface area contributed by atoms with Crippen LogP contribution in [0, 0.1) is 5.92 Å². The lowest BCUT2D eigenvalue weighted by Crippen LogP contribution is -2.18. The van der Waals surface area contributed by atoms with E-state index in [0.29, 0.717) is 12.2 Å². The first-order valence-electron chi connectivity index (χ1n) is 9.47. The number of carboxylic acids is 1. The van der Waals surface area contributed by atoms with Crippen LogP contribution in [0.4, 0.5) is 0 Å². The first-order chi connectivity index (χ1) is 13.0. The Morgan fingerprint density at radius 3 is 2.74 bits per heavy atom. The number of carbonyl (C=O) groups is 2. The van der Waals surface area contributed by atoms with Crippen molar-refractivity contribution in [2.45, 2.75) is 61.7 Å². The van der Waals surface area contributed by atoms with Crippen LogP contribution in [-0.4, -0.2) is 69.1 Å². The smallest absolute Gasteiger partial charge is 0.343 e. The Hall–Kier alpha value is -0.540. The molecule has 0 bridgehead atoms. The molecule has 6 nitrogen and oxygen atoms in total. The molecule has 1 fully saturated rings. The summed E-state index contributed by atoms with van der Waals surface area (Å²) < 4.78 is 5.00. The maximum Gasteiger partial charge on any atom is 0.343 e. The Labute approximate surface area is 170 Å². The van der Waals surface area contributed by atoms with Gasteiger partial charge >= 0.3 is 5.97 Å². The number of hydrogen-bond acceptors (Lipinski definition) is 7. The number of ether oxygens (including phenoxy) is 1. The van der Waals surface area contributed by atoms with Crippen molar-refractivity contribution < 1.29 is 29.6 Å². The summed E-state index contributed by atoms with van der Waals surface area (Å²) in [4.78, 5) is 22.7. The zero-order valence-electron chi connectivity index (χ0n) is 15.9. The topological polar surface area (TPSA) is 104 Å². The van der Waals surface area contributed by atoms with Crippen LogP contribution < -0.4 is 0 Å². The number of allylic oxidation sites excluding steroid dienone is 1. The standard InChI is InChI=1S/C19H32O6S2/c1-25-11-4-2-3-6-15(20)9-7-14-8-10-16(21)17(14)26-12-5-13-27-19(24)18(22)23/h7,9,14-15,17,19-20,24H,2-6,8,10-13H2,1H3,(H,22,23)/t14-,15?,17+,19?/m0/s1. The van der Waals surface area contributed by atoms with E-state index in [0.717, 1.165) is 62.6 Å². The molecular formula is C19H32O6S2. The van der Waals surface area contributed by atoms with Gasteiger partial charge in [0.25, 0.3) is 0 Å². The molecule has 0 aromatic heterocycles. The number of aliphatic hydroxyl groups excluding tert-OH is 2. The molecule has 0 saturated heterocycles. The number of thioether (sulfide) groups is 2. The van der Waals surface area contributed by atoms with E-state index in [-0.39, 0.29) is 17.0 Å². The van der Waals surface area contributed by atoms with Crippen molar-refractivity contribution in [3.63, 3.8) is 0 Å². The van der Waals surface area contributed by atoms with Crippen molar-refractivity contribution in [1.29, 1.82) is 0 Å². The minimum Gasteiger partial charge on any atom is -0.479 e. The third-order valence-electron chi connectivity index (χ3n) is 4.43. The van der Waals surface area contributed by atoms with Crippen molar-refractivity contribution >= 4 is 35.3 Å². The van der Waals surface area contributed by atoms with Crippen LogP contribution in [0.5, 0.6) is 0 Å². The Morgan fingerprint density at radius 2 is 2.04 bits per heavy atom. The fraction of sp³-hybridized carbons (Fsp3) is 0.789. The highest BCUT2D eigenvalue weighted by Gasteiger charge is 2.33. The van der Waals surface area contributed by atoms with Crippen molar-refractivity contribution in [3.05, 3.63) is 12.2 Å². The summed E-state index contributed by atoms with van der Waals surface area (Å²) in [5, 5.41) is 27.8. The van der Waals surface area contributed by atoms with E-state index in [1.807, 2.05) is 12.2 Å². The molecule has 0 aliphatic heterocycles. The van der Waals surface area contributed by atoms with Crippen LogP contribution in [0.1, 0.15) is 44.9 Å². The first-order valence-corrected chi connectivity index (χ1v) is 11.6. The zero-order chi connectivity index (χ0) is 20.1. The van der Waals surface area contributed by atoms with E-state index in [2.05, 4.69) is 0 Å². The molecule has 0 radical (unpaired) electrons. The van der Waals surface area contributed by atoms with Crippen LogP contribution in [-0.2, 0) is 14.3 Å². The van der Waals surface area contributed by atoms with Crippen molar-refractivity contribution in [2.75, 3.05) is 25.2 Å². The second kappa shape index (κ2) is 14.5. The highest BCUT2D eigenvalue weighted by Crippen LogP contribution is 2.34. The molecule has 0 aromatic carbocycles. The van der Waals surface area contributed by atoms with Gasteiger partial charge in [0.15, 0.2) is 5.44 Å². The Balaban J connectivity index is 2.27. The summed E-state index contributed by atoms with van der Waals surface area (Å²) in [5.41, 5.74) is -1.38. The van der Waals surface area contributed by atoms with Gasteiger partial charge in [-0.1, -0.05) is 25.0 Å². The molecule has 8 heteroatoms. The van der Waals surface area contributed by atoms with Gasteiger partial charge in [-0.3, -0.25) is 4.79 Å². The molecule has 0 amide bonds. The molecule has 27 heavy (non-hydrogen) atoms. The van der Waals surface area contributed by atoms with Gasteiger partial charge in [-0.05, 0) is 43.1 Å². The van der Waals surface area contributed by atoms with Crippen LogP contribution in [0.3, 0.4) is 0 Å². The molecule has 4 atom stereocenters. The number of methoxy groups -OCH3 is 1. The SMILES string of the molecule is COCCCCCC(O)C=C[C@H]1CCC(=O)[C@@H]1SCCCSC(O)C(=O)O. The lowest BCUT2D eigenvalue weighted by atomic mass is 10.0. The summed E-state index contributed by atoms with van der Waals surface area (Å²) in [6.07, 6.45) is 9.20. The van der Waals surface area contributed by atoms with Crippen LogP contribution in [0.25, 0.3) is 0 Å². The van der Waals surface area contributed by atoms with Gasteiger partial charge in [0.05, 0.1) is 11.4 Å². The third-order valence-corrected chi connectivity index (χ3v) is 6.97. The summed E-state index contributed by atoms with van der Waals surface area (Å²) in [6.45, 7) is 0.753. The highest BCUT2D eigenvalue weighted by molar-refractivity contribution is 8.01. The van der Waals surface area contributed by atoms with E-state index < -0.39 is 17.5 Å². The van der Waals surface area contributed by atoms with E-state index in [1.165, 1.54) is 0 Å². The molecule has 3 N–H and O–H groups in total. The summed E-state index contributed by atoms with van der Waals surface area (Å²) in [7, 11) is 1.69. The first kappa shape index (κ1) is 24.5. The van der Waals surface area contributed by atoms with Gasteiger partial charge in [-0.15, -0.1) is 23.5 Å². The minimum absolute atomic E-state index is 0.0791. The number of unbranched alkanes of at least 4 members (excludes halogenated alkanes) is 2. The van der Waals surface area contributed by atoms with Crippen molar-refractivity contribution in [1.82, 2.24) is 0 Å². The average Bonchev–Trinajstić information content (AvgIpc) is 2.99. The van der Waals surface area contributed by atoms with Gasteiger partial charge in [0.2, 0.25) is 0 Å². The predicted molar refractivity (Wildman–Crippen MR) is 110 cm³/mol. The van der Waals surface area contributed by atoms with E-state index in [1.54, 1.807) is 18.9 Å². The van der Waals surface area contributed by atoms with Gasteiger partial charge in [-0.25, -0.2) is 4.79 Å². The fourth-order valence-corrected chi connectivity index (χ4v) is 5.14. The average molecular weight is 421 g/mol. The quantitative estimate of drug-likeness (QED) is 0.211. The number of carbonyl (C=O) groups excluding carboxylic acids is 1. The Kier molecular flexibility index (Phi) is 13.1. The molecule has 1 rings (SSSR count). The number of carboxylic acid groups (broad SMARTS) is 1. The molecule has 1 aliphatic carbocycles. The predicted octanol–water partition coefficient (Wildman–Crippen LogP) is 2.72. The molecular weight excluding hydrogens is 388 g/mol. The van der Waals surface area contributed by atoms with Gasteiger partial charge < -0.3 is 20.1 Å². The fourth-order valence-electron chi connectivity index (χ4n) is 2.93. The van der Waals surface area contributed by atoms with E-state index >= 15 is 0 Å². The van der Waals surface area contributed by atoms with E-state index in [9.17, 15) is 19.8 Å². The molecule has 0 aromatic rings. The largest absolute Gasteiger partial charge is 0.479 e. The zero-order valence-corrected chi connectivity index (χ0v) is 17.6. The third kappa shape index (κ3) is 10.5. The molecule has 1 aliphatic rings. The summed E-state index contributed by atoms with van der Waals surface area (Å²) >= 11 is 2.60. The lowest BCUT2D eigenvalue weighted by Gasteiger charge is -2.15. The van der Waals surface area contributed by atoms with Gasteiger partial charge in [-0.2, -0.15) is 0 Å². The molecule has 2 unspecified atom stereocenters. The number of aliphatic carboxylic acids is 1. The Bertz CT molecular complexity index is 471. The molecule has 0 heterocycles. The van der Waals surface area contributed by atoms with Crippen LogP contribution in [0.15, 0.2) is 12.2 Å². The van der Waals surface area contributed by atoms with Crippen molar-refractivity contribution in [3.8, 4) is 0 Å². The van der Waals surface area contributed by atoms with Gasteiger partial charge in [0.1, 0.15) is 5.78 Å². The second-order valence-electron chi connectivity index (χ2n) is 6.67. The van der Waals surface area contributed by atoms with Crippen molar-refractivity contribution in [2.24, 2.45) is 5.92 Å². The number of ketones is 1. The number of hydrogen-bond donors (Lipinski definition) is 3. The number of rotatable bonds is 15. The monoisotopic (exact) mass is 420 g/mol. The maximum atomic E-state index is 12.1. The summed E-state index contributed by atoms with van der Waals surface area (Å²) in [6, 6.07) is 0. The van der Waals surface area contributed by atoms with Gasteiger partial charge in [0, 0.05) is 20.1 Å². The normalized spacial score (nSPS) is 22.4. The minimum atomic E-state index is -1.38. The molecule has 1 saturated carbocycles. The lowest BCUT2D eigenvalue weighted by molar-refractivity contribution is -0.141.